The van der Waals surface area contributed by atoms with Gasteiger partial charge in [-0.3, -0.25) is 4.79 Å². The Bertz CT molecular complexity index is 1210. The monoisotopic (exact) mass is 544 g/mol. The van der Waals surface area contributed by atoms with E-state index < -0.39 is 6.04 Å². The fourth-order valence-corrected chi connectivity index (χ4v) is 5.82. The van der Waals surface area contributed by atoms with Crippen LogP contribution in [0.15, 0.2) is 84.9 Å². The van der Waals surface area contributed by atoms with Crippen LogP contribution in [0.4, 0.5) is 10.5 Å². The van der Waals surface area contributed by atoms with E-state index in [9.17, 15) is 9.59 Å². The first-order valence-electron chi connectivity index (χ1n) is 14.9. The Labute approximate surface area is 242 Å². The van der Waals surface area contributed by atoms with Gasteiger partial charge in [0.1, 0.15) is 6.04 Å². The van der Waals surface area contributed by atoms with Crippen LogP contribution in [-0.2, 0) is 17.6 Å². The quantitative estimate of drug-likeness (QED) is 0.291. The van der Waals surface area contributed by atoms with Crippen molar-refractivity contribution >= 4 is 17.6 Å². The molecule has 3 N–H and O–H groups in total. The standard InChI is InChI=1S/C32H38N4O2.C2H6.2H2/c37-31(29-17-9-10-22-36(29)32(38)34-20-18-24-11-3-1-4-12-24)33-21-19-27-23-26-15-7-8-16-28(26)35-30(27)25-13-5-2-6-14-25;1-2;;/h1-8,11-16,27,29-30,35H,9-10,17-23H2,(H,33,37)(H,34,38);1-2H3;2*1H/t27-,29+,30-;;;/m0.../s1. The van der Waals surface area contributed by atoms with Gasteiger partial charge in [0.2, 0.25) is 5.91 Å². The molecule has 216 valence electrons. The average molecular weight is 545 g/mol. The van der Waals surface area contributed by atoms with Gasteiger partial charge in [-0.15, -0.1) is 0 Å². The summed E-state index contributed by atoms with van der Waals surface area (Å²) in [5.74, 6) is 0.319. The maximum atomic E-state index is 13.3. The Morgan fingerprint density at radius 3 is 2.35 bits per heavy atom. The van der Waals surface area contributed by atoms with Gasteiger partial charge in [-0.1, -0.05) is 92.7 Å². The molecule has 0 aromatic heterocycles. The number of likely N-dealkylation sites (tertiary alicyclic amines) is 1. The topological polar surface area (TPSA) is 73.5 Å². The number of hydrogen-bond donors (Lipinski definition) is 3. The number of carbonyl (C=O) groups excluding carboxylic acids is 2. The van der Waals surface area contributed by atoms with Crippen molar-refractivity contribution in [2.45, 2.75) is 64.5 Å². The molecule has 2 aliphatic heterocycles. The second-order valence-electron chi connectivity index (χ2n) is 10.4. The summed E-state index contributed by atoms with van der Waals surface area (Å²) in [6, 6.07) is 28.8. The van der Waals surface area contributed by atoms with Crippen LogP contribution in [0.3, 0.4) is 0 Å². The van der Waals surface area contributed by atoms with Crippen LogP contribution >= 0.6 is 0 Å². The number of hydrogen-bond acceptors (Lipinski definition) is 3. The van der Waals surface area contributed by atoms with Crippen LogP contribution in [0.1, 0.15) is 65.1 Å². The van der Waals surface area contributed by atoms with Crippen molar-refractivity contribution in [1.29, 1.82) is 0 Å². The van der Waals surface area contributed by atoms with Crippen LogP contribution in [0.25, 0.3) is 0 Å². The summed E-state index contributed by atoms with van der Waals surface area (Å²) < 4.78 is 0. The number of urea groups is 1. The van der Waals surface area contributed by atoms with Crippen molar-refractivity contribution < 1.29 is 12.4 Å². The summed E-state index contributed by atoms with van der Waals surface area (Å²) in [6.07, 6.45) is 5.22. The Hall–Kier alpha value is -3.80. The molecular formula is C34H48N4O2. The number of amides is 3. The zero-order valence-corrected chi connectivity index (χ0v) is 23.9. The SMILES string of the molecule is CC.O=C(NCC[C@H]1Cc2ccccc2N[C@H]1c1ccccc1)[C@H]1CCCCN1C(=O)NCCc1ccccc1.[HH].[HH]. The number of nitrogens with zero attached hydrogens (tertiary/aromatic N) is 1. The molecule has 3 aromatic rings. The molecule has 0 unspecified atom stereocenters. The molecule has 5 rings (SSSR count). The summed E-state index contributed by atoms with van der Waals surface area (Å²) in [5.41, 5.74) is 4.97. The van der Waals surface area contributed by atoms with Gasteiger partial charge in [-0.25, -0.2) is 4.79 Å². The van der Waals surface area contributed by atoms with Crippen molar-refractivity contribution in [3.05, 3.63) is 102 Å². The third kappa shape index (κ3) is 7.65. The van der Waals surface area contributed by atoms with Crippen LogP contribution in [0.5, 0.6) is 0 Å². The predicted octanol–water partition coefficient (Wildman–Crippen LogP) is 6.84. The number of rotatable bonds is 8. The van der Waals surface area contributed by atoms with E-state index in [4.69, 9.17) is 0 Å². The minimum atomic E-state index is -0.407. The Morgan fingerprint density at radius 2 is 1.57 bits per heavy atom. The van der Waals surface area contributed by atoms with Gasteiger partial charge < -0.3 is 20.9 Å². The second kappa shape index (κ2) is 15.1. The molecule has 6 heteroatoms. The highest BCUT2D eigenvalue weighted by atomic mass is 16.2. The fraction of sp³-hybridized carbons (Fsp3) is 0.412. The zero-order valence-electron chi connectivity index (χ0n) is 23.9. The third-order valence-corrected chi connectivity index (χ3v) is 7.85. The largest absolute Gasteiger partial charge is 0.378 e. The lowest BCUT2D eigenvalue weighted by Crippen LogP contribution is -2.55. The van der Waals surface area contributed by atoms with E-state index in [1.807, 2.05) is 38.1 Å². The summed E-state index contributed by atoms with van der Waals surface area (Å²) in [6.45, 7) is 5.77. The van der Waals surface area contributed by atoms with E-state index in [0.717, 1.165) is 32.1 Å². The minimum absolute atomic E-state index is 0. The highest BCUT2D eigenvalue weighted by Crippen LogP contribution is 2.38. The average Bonchev–Trinajstić information content (AvgIpc) is 3.02. The molecule has 0 aliphatic carbocycles. The number of anilines is 1. The van der Waals surface area contributed by atoms with Crippen molar-refractivity contribution in [2.75, 3.05) is 25.0 Å². The molecule has 0 radical (unpaired) electrons. The maximum Gasteiger partial charge on any atom is 0.318 e. The number of nitrogens with one attached hydrogen (secondary N) is 3. The van der Waals surface area contributed by atoms with Gasteiger partial charge in [0, 0.05) is 28.2 Å². The van der Waals surface area contributed by atoms with Crippen LogP contribution < -0.4 is 16.0 Å². The number of carbonyl (C=O) groups is 2. The first kappa shape index (κ1) is 29.2. The minimum Gasteiger partial charge on any atom is -0.378 e. The van der Waals surface area contributed by atoms with E-state index in [2.05, 4.69) is 76.6 Å². The van der Waals surface area contributed by atoms with Gasteiger partial charge in [-0.2, -0.15) is 0 Å². The summed E-state index contributed by atoms with van der Waals surface area (Å²) in [4.78, 5) is 28.0. The first-order chi connectivity index (χ1) is 19.7. The lowest BCUT2D eigenvalue weighted by Gasteiger charge is -2.36. The van der Waals surface area contributed by atoms with Gasteiger partial charge in [0.25, 0.3) is 0 Å². The Balaban J connectivity index is 0.00000151. The molecule has 0 saturated carbocycles. The molecule has 3 amide bonds. The molecule has 2 heterocycles. The van der Waals surface area contributed by atoms with Gasteiger partial charge in [-0.05, 0) is 67.2 Å². The summed E-state index contributed by atoms with van der Waals surface area (Å²) >= 11 is 0. The van der Waals surface area contributed by atoms with Gasteiger partial charge in [0.15, 0.2) is 0 Å². The lowest BCUT2D eigenvalue weighted by atomic mass is 9.81. The Kier molecular flexibility index (Phi) is 11.0. The number of piperidine rings is 1. The normalized spacial score (nSPS) is 19.8. The van der Waals surface area contributed by atoms with Crippen LogP contribution in [0.2, 0.25) is 0 Å². The molecule has 0 spiro atoms. The van der Waals surface area contributed by atoms with Crippen molar-refractivity contribution in [1.82, 2.24) is 15.5 Å². The fourth-order valence-electron chi connectivity index (χ4n) is 5.82. The van der Waals surface area contributed by atoms with Crippen LogP contribution in [0, 0.1) is 5.92 Å². The zero-order chi connectivity index (χ0) is 28.2. The number of para-hydroxylation sites is 1. The molecule has 40 heavy (non-hydrogen) atoms. The molecule has 3 aromatic carbocycles. The van der Waals surface area contributed by atoms with Gasteiger partial charge >= 0.3 is 6.03 Å². The highest BCUT2D eigenvalue weighted by Gasteiger charge is 2.33. The second-order valence-corrected chi connectivity index (χ2v) is 10.4. The van der Waals surface area contributed by atoms with Gasteiger partial charge in [0.05, 0.1) is 6.04 Å². The van der Waals surface area contributed by atoms with Crippen molar-refractivity contribution in [3.63, 3.8) is 0 Å². The predicted molar refractivity (Wildman–Crippen MR) is 168 cm³/mol. The Morgan fingerprint density at radius 1 is 0.875 bits per heavy atom. The molecule has 2 aliphatic rings. The maximum absolute atomic E-state index is 13.3. The van der Waals surface area contributed by atoms with E-state index in [1.165, 1.54) is 22.4 Å². The molecule has 1 saturated heterocycles. The first-order valence-corrected chi connectivity index (χ1v) is 14.9. The van der Waals surface area contributed by atoms with Crippen molar-refractivity contribution in [3.8, 4) is 0 Å². The lowest BCUT2D eigenvalue weighted by molar-refractivity contribution is -0.126. The van der Waals surface area contributed by atoms with E-state index >= 15 is 0 Å². The third-order valence-electron chi connectivity index (χ3n) is 7.85. The molecule has 1 fully saturated rings. The smallest absolute Gasteiger partial charge is 0.318 e. The summed E-state index contributed by atoms with van der Waals surface area (Å²) in [5, 5.41) is 9.94. The number of benzene rings is 3. The summed E-state index contributed by atoms with van der Waals surface area (Å²) in [7, 11) is 0. The highest BCUT2D eigenvalue weighted by molar-refractivity contribution is 5.87. The molecular weight excluding hydrogens is 496 g/mol. The number of fused-ring (bicyclic) bond motifs is 1. The molecule has 6 nitrogen and oxygen atoms in total. The van der Waals surface area contributed by atoms with Crippen LogP contribution in [-0.4, -0.2) is 42.5 Å². The molecule has 3 atom stereocenters. The molecule has 0 bridgehead atoms. The van der Waals surface area contributed by atoms with Crippen molar-refractivity contribution in [2.24, 2.45) is 5.92 Å². The van der Waals surface area contributed by atoms with E-state index in [1.54, 1.807) is 4.90 Å². The van der Waals surface area contributed by atoms with E-state index in [-0.39, 0.29) is 20.8 Å². The van der Waals surface area contributed by atoms with E-state index in [0.29, 0.717) is 32.0 Å².